The van der Waals surface area contributed by atoms with E-state index in [9.17, 15) is 14.4 Å². The van der Waals surface area contributed by atoms with E-state index in [1.165, 1.54) is 11.3 Å². The number of hydrogen-bond donors (Lipinski definition) is 2. The van der Waals surface area contributed by atoms with Crippen LogP contribution in [0, 0.1) is 6.57 Å². The van der Waals surface area contributed by atoms with Gasteiger partial charge in [-0.25, -0.2) is 19.4 Å². The number of amides is 4. The fourth-order valence-corrected chi connectivity index (χ4v) is 5.25. The predicted molar refractivity (Wildman–Crippen MR) is 154 cm³/mol. The van der Waals surface area contributed by atoms with Crippen molar-refractivity contribution in [2.24, 2.45) is 0 Å². The number of ether oxygens (including phenoxy) is 1. The summed E-state index contributed by atoms with van der Waals surface area (Å²) in [5.74, 6) is -0.308. The molecule has 2 fully saturated rings. The summed E-state index contributed by atoms with van der Waals surface area (Å²) in [4.78, 5) is 50.3. The average molecular weight is 564 g/mol. The summed E-state index contributed by atoms with van der Waals surface area (Å²) in [6, 6.07) is 6.45. The first-order chi connectivity index (χ1) is 19.6. The van der Waals surface area contributed by atoms with E-state index in [1.54, 1.807) is 50.3 Å². The molecule has 0 spiro atoms. The van der Waals surface area contributed by atoms with Crippen molar-refractivity contribution in [2.45, 2.75) is 83.5 Å². The average Bonchev–Trinajstić information content (AvgIpc) is 3.39. The third-order valence-corrected chi connectivity index (χ3v) is 7.43. The van der Waals surface area contributed by atoms with Crippen LogP contribution in [0.25, 0.3) is 4.85 Å². The van der Waals surface area contributed by atoms with Crippen LogP contribution in [-0.2, 0) is 22.5 Å². The largest absolute Gasteiger partial charge is 0.444 e. The van der Waals surface area contributed by atoms with Gasteiger partial charge in [0.1, 0.15) is 11.6 Å². The third-order valence-electron chi connectivity index (χ3n) is 7.43. The van der Waals surface area contributed by atoms with Crippen LogP contribution in [0.4, 0.5) is 15.3 Å². The van der Waals surface area contributed by atoms with E-state index in [2.05, 4.69) is 20.5 Å². The smallest absolute Gasteiger partial charge is 0.410 e. The van der Waals surface area contributed by atoms with Gasteiger partial charge in [0, 0.05) is 50.5 Å². The highest BCUT2D eigenvalue weighted by Gasteiger charge is 2.38. The standard InChI is InChI=1S/C30H41N7O4/c1-30(2,3)41-29(40)35-16-17-37(28(39)34-24-8-6-5-7-9-24)26(20-35)27(38)33-15-14-25-18-32-21-36(25)19-22-10-12-23(31-4)13-11-22/h10-13,18,21,24,26H,5-9,14-17,19-20H2,1-3H3,(H,33,38)(H,34,39)/t26-/m1/s1. The van der Waals surface area contributed by atoms with Gasteiger partial charge in [-0.3, -0.25) is 4.79 Å². The van der Waals surface area contributed by atoms with Gasteiger partial charge in [-0.05, 0) is 39.2 Å². The second kappa shape index (κ2) is 13.5. The lowest BCUT2D eigenvalue weighted by Crippen LogP contribution is -2.64. The summed E-state index contributed by atoms with van der Waals surface area (Å²) in [5, 5.41) is 6.10. The lowest BCUT2D eigenvalue weighted by molar-refractivity contribution is -0.127. The topological polar surface area (TPSA) is 113 Å². The van der Waals surface area contributed by atoms with Crippen molar-refractivity contribution in [3.8, 4) is 0 Å². The molecular weight excluding hydrogens is 522 g/mol. The Bertz CT molecular complexity index is 1240. The van der Waals surface area contributed by atoms with Crippen molar-refractivity contribution in [3.63, 3.8) is 0 Å². The van der Waals surface area contributed by atoms with Gasteiger partial charge in [-0.2, -0.15) is 0 Å². The zero-order chi connectivity index (χ0) is 29.4. The summed E-state index contributed by atoms with van der Waals surface area (Å²) in [6.45, 7) is 14.1. The molecule has 4 amide bonds. The van der Waals surface area contributed by atoms with Gasteiger partial charge in [-0.15, -0.1) is 0 Å². The van der Waals surface area contributed by atoms with Gasteiger partial charge in [0.05, 0.1) is 19.4 Å². The molecule has 1 aromatic carbocycles. The van der Waals surface area contributed by atoms with Crippen LogP contribution in [0.15, 0.2) is 36.8 Å². The summed E-state index contributed by atoms with van der Waals surface area (Å²) in [7, 11) is 0. The maximum Gasteiger partial charge on any atom is 0.410 e. The molecule has 1 saturated heterocycles. The van der Waals surface area contributed by atoms with Crippen LogP contribution in [0.3, 0.4) is 0 Å². The van der Waals surface area contributed by atoms with Crippen molar-refractivity contribution < 1.29 is 19.1 Å². The van der Waals surface area contributed by atoms with E-state index in [-0.39, 0.29) is 31.1 Å². The Balaban J connectivity index is 1.38. The molecule has 1 aliphatic heterocycles. The number of imidazole rings is 1. The minimum absolute atomic E-state index is 0.0668. The predicted octanol–water partition coefficient (Wildman–Crippen LogP) is 4.10. The highest BCUT2D eigenvalue weighted by atomic mass is 16.6. The SMILES string of the molecule is [C-]#[N+]c1ccc(Cn2cncc2CCNC(=O)[C@H]2CN(C(=O)OC(C)(C)C)CCN2C(=O)NC2CCCCC2)cc1. The molecule has 2 heterocycles. The van der Waals surface area contributed by atoms with Crippen molar-refractivity contribution in [2.75, 3.05) is 26.2 Å². The fourth-order valence-electron chi connectivity index (χ4n) is 5.25. The molecule has 4 rings (SSSR count). The number of nitrogens with one attached hydrogen (secondary N) is 2. The molecule has 1 aliphatic carbocycles. The Kier molecular flexibility index (Phi) is 9.86. The van der Waals surface area contributed by atoms with Crippen LogP contribution in [0.5, 0.6) is 0 Å². The number of rotatable bonds is 7. The monoisotopic (exact) mass is 563 g/mol. The number of hydrogen-bond acceptors (Lipinski definition) is 5. The second-order valence-corrected chi connectivity index (χ2v) is 11.8. The Labute approximate surface area is 242 Å². The zero-order valence-corrected chi connectivity index (χ0v) is 24.3. The summed E-state index contributed by atoms with van der Waals surface area (Å²) < 4.78 is 7.55. The number of urea groups is 1. The number of aromatic nitrogens is 2. The molecule has 11 nitrogen and oxygen atoms in total. The molecule has 0 unspecified atom stereocenters. The van der Waals surface area contributed by atoms with Gasteiger partial charge < -0.3 is 29.7 Å². The molecule has 0 radical (unpaired) electrons. The highest BCUT2D eigenvalue weighted by Crippen LogP contribution is 2.20. The maximum absolute atomic E-state index is 13.5. The van der Waals surface area contributed by atoms with Gasteiger partial charge >= 0.3 is 12.1 Å². The molecule has 220 valence electrons. The first kappa shape index (κ1) is 29.9. The normalized spacial score (nSPS) is 18.0. The number of carbonyl (C=O) groups excluding carboxylic acids is 3. The van der Waals surface area contributed by atoms with E-state index in [0.717, 1.165) is 36.9 Å². The van der Waals surface area contributed by atoms with Gasteiger partial charge in [0.2, 0.25) is 5.91 Å². The van der Waals surface area contributed by atoms with Crippen LogP contribution in [-0.4, -0.2) is 81.2 Å². The Morgan fingerprint density at radius 3 is 2.51 bits per heavy atom. The van der Waals surface area contributed by atoms with Crippen molar-refractivity contribution in [1.82, 2.24) is 30.0 Å². The number of nitrogens with zero attached hydrogens (tertiary/aromatic N) is 5. The van der Waals surface area contributed by atoms with E-state index in [1.807, 2.05) is 16.7 Å². The summed E-state index contributed by atoms with van der Waals surface area (Å²) in [5.41, 5.74) is 1.93. The Morgan fingerprint density at radius 1 is 1.10 bits per heavy atom. The summed E-state index contributed by atoms with van der Waals surface area (Å²) in [6.07, 6.45) is 8.81. The molecule has 2 aromatic rings. The van der Waals surface area contributed by atoms with Crippen molar-refractivity contribution >= 4 is 23.7 Å². The van der Waals surface area contributed by atoms with Crippen LogP contribution in [0.1, 0.15) is 64.1 Å². The molecule has 1 atom stereocenters. The van der Waals surface area contributed by atoms with E-state index in [4.69, 9.17) is 11.3 Å². The Morgan fingerprint density at radius 2 is 1.83 bits per heavy atom. The molecule has 41 heavy (non-hydrogen) atoms. The van der Waals surface area contributed by atoms with E-state index < -0.39 is 17.7 Å². The number of piperazine rings is 1. The van der Waals surface area contributed by atoms with Gasteiger partial charge in [-0.1, -0.05) is 43.5 Å². The molecule has 11 heteroatoms. The fraction of sp³-hybridized carbons (Fsp3) is 0.567. The first-order valence-electron chi connectivity index (χ1n) is 14.4. The van der Waals surface area contributed by atoms with Gasteiger partial charge in [0.25, 0.3) is 0 Å². The minimum Gasteiger partial charge on any atom is -0.444 e. The quantitative estimate of drug-likeness (QED) is 0.493. The van der Waals surface area contributed by atoms with Crippen LogP contribution in [0.2, 0.25) is 0 Å². The lowest BCUT2D eigenvalue weighted by atomic mass is 9.95. The van der Waals surface area contributed by atoms with Crippen LogP contribution >= 0.6 is 0 Å². The van der Waals surface area contributed by atoms with Crippen molar-refractivity contribution in [3.05, 3.63) is 59.5 Å². The molecule has 2 aliphatic rings. The third kappa shape index (κ3) is 8.46. The van der Waals surface area contributed by atoms with Gasteiger partial charge in [0.15, 0.2) is 5.69 Å². The summed E-state index contributed by atoms with van der Waals surface area (Å²) >= 11 is 0. The Hall–Kier alpha value is -4.07. The van der Waals surface area contributed by atoms with Crippen LogP contribution < -0.4 is 10.6 Å². The molecule has 1 saturated carbocycles. The highest BCUT2D eigenvalue weighted by molar-refractivity contribution is 5.88. The second-order valence-electron chi connectivity index (χ2n) is 11.8. The van der Waals surface area contributed by atoms with Crippen molar-refractivity contribution in [1.29, 1.82) is 0 Å². The molecular formula is C30H41N7O4. The number of benzene rings is 1. The number of carbonyl (C=O) groups is 3. The maximum atomic E-state index is 13.5. The minimum atomic E-state index is -0.828. The van der Waals surface area contributed by atoms with E-state index in [0.29, 0.717) is 31.7 Å². The molecule has 0 bridgehead atoms. The molecule has 2 N–H and O–H groups in total. The lowest BCUT2D eigenvalue weighted by Gasteiger charge is -2.41. The first-order valence-corrected chi connectivity index (χ1v) is 14.4. The van der Waals surface area contributed by atoms with E-state index >= 15 is 0 Å². The molecule has 1 aromatic heterocycles. The zero-order valence-electron chi connectivity index (χ0n) is 24.3.